The van der Waals surface area contributed by atoms with E-state index in [1.165, 1.54) is 18.7 Å². The smallest absolute Gasteiger partial charge is 0.338 e. The zero-order valence-corrected chi connectivity index (χ0v) is 16.1. The molecule has 2 aromatic rings. The Balaban J connectivity index is 1.64. The summed E-state index contributed by atoms with van der Waals surface area (Å²) in [5.41, 5.74) is 2.57. The second kappa shape index (κ2) is 7.84. The van der Waals surface area contributed by atoms with E-state index in [0.29, 0.717) is 11.4 Å². The topological polar surface area (TPSA) is 84.5 Å². The summed E-state index contributed by atoms with van der Waals surface area (Å²) in [5.74, 6) is -1.14. The average molecular weight is 384 g/mol. The zero-order chi connectivity index (χ0) is 19.6. The largest absolute Gasteiger partial charge is 0.449 e. The molecule has 0 saturated heterocycles. The van der Waals surface area contributed by atoms with E-state index in [0.717, 1.165) is 10.5 Å². The van der Waals surface area contributed by atoms with Crippen LogP contribution in [0.3, 0.4) is 0 Å². The highest BCUT2D eigenvalue weighted by atomic mass is 32.2. The van der Waals surface area contributed by atoms with E-state index in [4.69, 9.17) is 4.74 Å². The van der Waals surface area contributed by atoms with Gasteiger partial charge in [-0.1, -0.05) is 17.7 Å². The lowest BCUT2D eigenvalue weighted by atomic mass is 10.2. The Kier molecular flexibility index (Phi) is 5.51. The Labute approximate surface area is 161 Å². The fraction of sp³-hybridized carbons (Fsp3) is 0.250. The molecule has 0 bridgehead atoms. The van der Waals surface area contributed by atoms with Crippen LogP contribution in [0.15, 0.2) is 47.4 Å². The first-order chi connectivity index (χ1) is 12.8. The van der Waals surface area contributed by atoms with Gasteiger partial charge in [-0.05, 0) is 51.1 Å². The Morgan fingerprint density at radius 2 is 1.89 bits per heavy atom. The molecule has 1 aliphatic rings. The molecule has 2 unspecified atom stereocenters. The molecule has 1 heterocycles. The number of anilines is 2. The number of amides is 2. The molecular weight excluding hydrogens is 364 g/mol. The van der Waals surface area contributed by atoms with Gasteiger partial charge in [0.2, 0.25) is 5.91 Å². The average Bonchev–Trinajstić information content (AvgIpc) is 2.64. The summed E-state index contributed by atoms with van der Waals surface area (Å²) in [4.78, 5) is 37.3. The quantitative estimate of drug-likeness (QED) is 0.787. The molecule has 27 heavy (non-hydrogen) atoms. The number of thioether (sulfide) groups is 1. The van der Waals surface area contributed by atoms with Crippen molar-refractivity contribution in [2.75, 3.05) is 10.6 Å². The summed E-state index contributed by atoms with van der Waals surface area (Å²) < 4.78 is 5.26. The Morgan fingerprint density at radius 1 is 1.19 bits per heavy atom. The molecule has 3 rings (SSSR count). The summed E-state index contributed by atoms with van der Waals surface area (Å²) in [6.45, 7) is 5.29. The van der Waals surface area contributed by atoms with Crippen LogP contribution in [-0.2, 0) is 14.3 Å². The van der Waals surface area contributed by atoms with Crippen molar-refractivity contribution in [1.82, 2.24) is 0 Å². The molecule has 2 atom stereocenters. The van der Waals surface area contributed by atoms with E-state index >= 15 is 0 Å². The van der Waals surface area contributed by atoms with Gasteiger partial charge < -0.3 is 15.4 Å². The number of carbonyl (C=O) groups is 3. The molecule has 0 aliphatic carbocycles. The van der Waals surface area contributed by atoms with Gasteiger partial charge in [-0.2, -0.15) is 0 Å². The number of ether oxygens (including phenoxy) is 1. The fourth-order valence-electron chi connectivity index (χ4n) is 2.50. The van der Waals surface area contributed by atoms with Crippen LogP contribution in [-0.4, -0.2) is 29.1 Å². The molecule has 0 aromatic heterocycles. The first kappa shape index (κ1) is 19.0. The number of fused-ring (bicyclic) bond motifs is 1. The zero-order valence-electron chi connectivity index (χ0n) is 15.2. The Morgan fingerprint density at radius 3 is 2.59 bits per heavy atom. The first-order valence-corrected chi connectivity index (χ1v) is 9.41. The van der Waals surface area contributed by atoms with Crippen molar-refractivity contribution in [1.29, 1.82) is 0 Å². The second-order valence-electron chi connectivity index (χ2n) is 6.36. The van der Waals surface area contributed by atoms with Crippen LogP contribution in [0.2, 0.25) is 0 Å². The lowest BCUT2D eigenvalue weighted by molar-refractivity contribution is -0.123. The first-order valence-electron chi connectivity index (χ1n) is 8.53. The molecule has 2 amide bonds. The maximum absolute atomic E-state index is 12.4. The van der Waals surface area contributed by atoms with E-state index in [1.54, 1.807) is 30.3 Å². The molecule has 0 saturated carbocycles. The predicted octanol–water partition coefficient (Wildman–Crippen LogP) is 3.61. The molecule has 7 heteroatoms. The van der Waals surface area contributed by atoms with Gasteiger partial charge in [-0.3, -0.25) is 9.59 Å². The van der Waals surface area contributed by atoms with Crippen LogP contribution in [0, 0.1) is 6.92 Å². The number of hydrogen-bond acceptors (Lipinski definition) is 5. The van der Waals surface area contributed by atoms with Crippen molar-refractivity contribution in [3.63, 3.8) is 0 Å². The minimum Gasteiger partial charge on any atom is -0.449 e. The Bertz CT molecular complexity index is 895. The number of esters is 1. The van der Waals surface area contributed by atoms with Crippen molar-refractivity contribution in [2.45, 2.75) is 37.0 Å². The van der Waals surface area contributed by atoms with E-state index in [9.17, 15) is 14.4 Å². The molecule has 1 aliphatic heterocycles. The van der Waals surface area contributed by atoms with Crippen molar-refractivity contribution >= 4 is 40.9 Å². The normalized spacial score (nSPS) is 16.7. The van der Waals surface area contributed by atoms with Crippen LogP contribution < -0.4 is 10.6 Å². The van der Waals surface area contributed by atoms with Gasteiger partial charge in [-0.15, -0.1) is 11.8 Å². The molecule has 140 valence electrons. The maximum atomic E-state index is 12.4. The lowest BCUT2D eigenvalue weighted by Gasteiger charge is -2.21. The summed E-state index contributed by atoms with van der Waals surface area (Å²) in [5, 5.41) is 5.30. The third kappa shape index (κ3) is 4.49. The van der Waals surface area contributed by atoms with Crippen LogP contribution in [0.5, 0.6) is 0 Å². The summed E-state index contributed by atoms with van der Waals surface area (Å²) in [6.07, 6.45) is -0.959. The minimum atomic E-state index is -0.959. The third-order valence-electron chi connectivity index (χ3n) is 4.12. The van der Waals surface area contributed by atoms with E-state index < -0.39 is 18.0 Å². The van der Waals surface area contributed by atoms with Gasteiger partial charge in [-0.25, -0.2) is 4.79 Å². The highest BCUT2D eigenvalue weighted by Crippen LogP contribution is 2.36. The van der Waals surface area contributed by atoms with Gasteiger partial charge in [0.05, 0.1) is 16.5 Å². The standard InChI is InChI=1S/C20H20N2O4S/c1-11-4-7-15(8-5-11)21-18(23)12(2)26-20(25)14-6-9-17-16(10-14)22-19(24)13(3)27-17/h4-10,12-13H,1-3H3,(H,21,23)(H,22,24). The summed E-state index contributed by atoms with van der Waals surface area (Å²) >= 11 is 1.43. The fourth-order valence-corrected chi connectivity index (χ4v) is 3.43. The number of aryl methyl sites for hydroxylation is 1. The van der Waals surface area contributed by atoms with Crippen molar-refractivity contribution in [3.8, 4) is 0 Å². The van der Waals surface area contributed by atoms with Crippen molar-refractivity contribution < 1.29 is 19.1 Å². The molecule has 0 radical (unpaired) electrons. The van der Waals surface area contributed by atoms with E-state index in [-0.39, 0.29) is 16.7 Å². The van der Waals surface area contributed by atoms with Gasteiger partial charge in [0, 0.05) is 10.6 Å². The Hall–Kier alpha value is -2.80. The van der Waals surface area contributed by atoms with Crippen molar-refractivity contribution in [3.05, 3.63) is 53.6 Å². The van der Waals surface area contributed by atoms with Gasteiger partial charge in [0.1, 0.15) is 0 Å². The van der Waals surface area contributed by atoms with E-state index in [1.807, 2.05) is 26.0 Å². The van der Waals surface area contributed by atoms with E-state index in [2.05, 4.69) is 10.6 Å². The highest BCUT2D eigenvalue weighted by molar-refractivity contribution is 8.00. The minimum absolute atomic E-state index is 0.108. The number of nitrogens with one attached hydrogen (secondary N) is 2. The molecule has 0 fully saturated rings. The predicted molar refractivity (Wildman–Crippen MR) is 105 cm³/mol. The van der Waals surface area contributed by atoms with Crippen LogP contribution >= 0.6 is 11.8 Å². The highest BCUT2D eigenvalue weighted by Gasteiger charge is 2.25. The van der Waals surface area contributed by atoms with Crippen molar-refractivity contribution in [2.24, 2.45) is 0 Å². The maximum Gasteiger partial charge on any atom is 0.338 e. The summed E-state index contributed by atoms with van der Waals surface area (Å²) in [7, 11) is 0. The monoisotopic (exact) mass is 384 g/mol. The molecular formula is C20H20N2O4S. The van der Waals surface area contributed by atoms with Gasteiger partial charge in [0.15, 0.2) is 6.10 Å². The molecule has 0 spiro atoms. The van der Waals surface area contributed by atoms with Gasteiger partial charge in [0.25, 0.3) is 5.91 Å². The second-order valence-corrected chi connectivity index (χ2v) is 7.75. The van der Waals surface area contributed by atoms with Crippen LogP contribution in [0.4, 0.5) is 11.4 Å². The van der Waals surface area contributed by atoms with Crippen LogP contribution in [0.25, 0.3) is 0 Å². The molecule has 2 N–H and O–H groups in total. The number of rotatable bonds is 4. The number of carbonyl (C=O) groups excluding carboxylic acids is 3. The third-order valence-corrected chi connectivity index (χ3v) is 5.30. The number of hydrogen-bond donors (Lipinski definition) is 2. The lowest BCUT2D eigenvalue weighted by Crippen LogP contribution is -2.30. The molecule has 6 nitrogen and oxygen atoms in total. The van der Waals surface area contributed by atoms with Crippen LogP contribution in [0.1, 0.15) is 29.8 Å². The van der Waals surface area contributed by atoms with Gasteiger partial charge >= 0.3 is 5.97 Å². The number of benzene rings is 2. The summed E-state index contributed by atoms with van der Waals surface area (Å²) in [6, 6.07) is 12.3. The molecule has 2 aromatic carbocycles. The SMILES string of the molecule is Cc1ccc(NC(=O)C(C)OC(=O)c2ccc3c(c2)NC(=O)C(C)S3)cc1.